The minimum Gasteiger partial charge on any atom is -0.504 e. The van der Waals surface area contributed by atoms with E-state index in [1.54, 1.807) is 39.3 Å². The Labute approximate surface area is 195 Å². The van der Waals surface area contributed by atoms with Crippen molar-refractivity contribution in [2.75, 3.05) is 20.8 Å². The Morgan fingerprint density at radius 1 is 1.09 bits per heavy atom. The van der Waals surface area contributed by atoms with Gasteiger partial charge in [0, 0.05) is 18.2 Å². The second-order valence-corrected chi connectivity index (χ2v) is 7.74. The minimum absolute atomic E-state index is 0.0115. The van der Waals surface area contributed by atoms with Gasteiger partial charge in [-0.05, 0) is 61.5 Å². The van der Waals surface area contributed by atoms with E-state index in [2.05, 4.69) is 10.2 Å². The van der Waals surface area contributed by atoms with Gasteiger partial charge in [-0.2, -0.15) is 0 Å². The first-order valence-corrected chi connectivity index (χ1v) is 11.0. The second kappa shape index (κ2) is 10.8. The Hall–Kier alpha value is -3.66. The summed E-state index contributed by atoms with van der Waals surface area (Å²) in [6.07, 6.45) is 1.50. The summed E-state index contributed by atoms with van der Waals surface area (Å²) in [7, 11) is 3.13. The smallest absolute Gasteiger partial charge is 0.342 e. The van der Waals surface area contributed by atoms with Crippen LogP contribution in [0.4, 0.5) is 0 Å². The topological polar surface area (TPSA) is 116 Å². The van der Waals surface area contributed by atoms with Gasteiger partial charge in [-0.3, -0.25) is 0 Å². The zero-order valence-electron chi connectivity index (χ0n) is 18.7. The number of nitrogens with zero attached hydrogens (tertiary/aromatic N) is 3. The number of aromatic nitrogens is 3. The fourth-order valence-electron chi connectivity index (χ4n) is 3.08. The molecule has 10 heteroatoms. The van der Waals surface area contributed by atoms with Crippen molar-refractivity contribution in [1.82, 2.24) is 14.8 Å². The molecule has 0 atom stereocenters. The number of ether oxygens (including phenoxy) is 3. The van der Waals surface area contributed by atoms with E-state index in [0.717, 1.165) is 17.3 Å². The number of hydrogen-bond acceptors (Lipinski definition) is 8. The fraction of sp³-hybridized carbons (Fsp3) is 0.261. The predicted molar refractivity (Wildman–Crippen MR) is 125 cm³/mol. The summed E-state index contributed by atoms with van der Waals surface area (Å²) in [4.78, 5) is 12.0. The van der Waals surface area contributed by atoms with Crippen molar-refractivity contribution in [3.8, 4) is 34.4 Å². The zero-order chi connectivity index (χ0) is 24.0. The number of phenols is 1. The molecule has 0 aliphatic rings. The van der Waals surface area contributed by atoms with Crippen LogP contribution in [0.1, 0.15) is 19.4 Å². The van der Waals surface area contributed by atoms with Crippen LogP contribution in [0.25, 0.3) is 17.5 Å². The van der Waals surface area contributed by atoms with Crippen LogP contribution in [0.3, 0.4) is 0 Å². The molecule has 0 radical (unpaired) electrons. The van der Waals surface area contributed by atoms with E-state index in [1.165, 1.54) is 12.1 Å². The van der Waals surface area contributed by atoms with Gasteiger partial charge in [-0.15, -0.1) is 10.2 Å². The molecule has 0 aliphatic heterocycles. The molecule has 0 spiro atoms. The number of carboxylic acids is 1. The molecular formula is C23H25N3O6S. The van der Waals surface area contributed by atoms with E-state index in [1.807, 2.05) is 23.6 Å². The van der Waals surface area contributed by atoms with Gasteiger partial charge >= 0.3 is 5.97 Å². The third-order valence-corrected chi connectivity index (χ3v) is 5.63. The average Bonchev–Trinajstić information content (AvgIpc) is 3.23. The molecular weight excluding hydrogens is 446 g/mol. The Morgan fingerprint density at radius 3 is 2.36 bits per heavy atom. The predicted octanol–water partition coefficient (Wildman–Crippen LogP) is 4.30. The molecule has 3 aromatic rings. The second-order valence-electron chi connectivity index (χ2n) is 6.73. The van der Waals surface area contributed by atoms with Crippen molar-refractivity contribution in [2.24, 2.45) is 0 Å². The number of benzene rings is 2. The molecule has 2 aromatic carbocycles. The van der Waals surface area contributed by atoms with E-state index >= 15 is 0 Å². The highest BCUT2D eigenvalue weighted by atomic mass is 32.2. The summed E-state index contributed by atoms with van der Waals surface area (Å²) in [5, 5.41) is 28.6. The Balaban J connectivity index is 1.98. The zero-order valence-corrected chi connectivity index (χ0v) is 19.5. The molecule has 0 saturated carbocycles. The molecule has 1 heterocycles. The molecule has 0 amide bonds. The highest BCUT2D eigenvalue weighted by Crippen LogP contribution is 2.34. The number of methoxy groups -OCH3 is 2. The fourth-order valence-corrected chi connectivity index (χ4v) is 3.96. The quantitative estimate of drug-likeness (QED) is 0.330. The van der Waals surface area contributed by atoms with Crippen LogP contribution in [0, 0.1) is 0 Å². The molecule has 2 N–H and O–H groups in total. The third-order valence-electron chi connectivity index (χ3n) is 4.64. The number of rotatable bonds is 10. The standard InChI is InChI=1S/C23H25N3O6S/c1-5-26-21(15-11-16(30-3)13-17(12-15)31-4)24-25-23(26)33-20(22(28)29)10-14-7-8-18(27)19(9-14)32-6-2/h7-13,27H,5-6H2,1-4H3,(H,28,29)/b20-10-. The molecule has 0 unspecified atom stereocenters. The average molecular weight is 472 g/mol. The summed E-state index contributed by atoms with van der Waals surface area (Å²) in [5.74, 6) is 0.932. The van der Waals surface area contributed by atoms with Crippen LogP contribution in [-0.4, -0.2) is 51.8 Å². The largest absolute Gasteiger partial charge is 0.504 e. The molecule has 33 heavy (non-hydrogen) atoms. The molecule has 3 rings (SSSR count). The number of phenolic OH excluding ortho intramolecular Hbond substituents is 1. The van der Waals surface area contributed by atoms with Crippen molar-refractivity contribution in [3.05, 3.63) is 46.9 Å². The highest BCUT2D eigenvalue weighted by molar-refractivity contribution is 8.04. The van der Waals surface area contributed by atoms with Crippen LogP contribution < -0.4 is 14.2 Å². The van der Waals surface area contributed by atoms with Gasteiger partial charge in [0.05, 0.1) is 20.8 Å². The lowest BCUT2D eigenvalue weighted by Gasteiger charge is -2.11. The van der Waals surface area contributed by atoms with Crippen molar-refractivity contribution >= 4 is 23.8 Å². The molecule has 1 aromatic heterocycles. The lowest BCUT2D eigenvalue weighted by atomic mass is 10.2. The number of hydrogen-bond donors (Lipinski definition) is 2. The Kier molecular flexibility index (Phi) is 7.83. The van der Waals surface area contributed by atoms with Crippen molar-refractivity contribution < 1.29 is 29.2 Å². The molecule has 0 bridgehead atoms. The number of aliphatic carboxylic acids is 1. The van der Waals surface area contributed by atoms with Crippen LogP contribution in [-0.2, 0) is 11.3 Å². The van der Waals surface area contributed by atoms with Gasteiger partial charge in [-0.1, -0.05) is 6.07 Å². The van der Waals surface area contributed by atoms with Gasteiger partial charge in [0.25, 0.3) is 0 Å². The maximum absolute atomic E-state index is 12.0. The summed E-state index contributed by atoms with van der Waals surface area (Å²) >= 11 is 0.987. The molecule has 0 saturated heterocycles. The molecule has 174 valence electrons. The molecule has 0 aliphatic carbocycles. The van der Waals surface area contributed by atoms with Crippen molar-refractivity contribution in [2.45, 2.75) is 25.5 Å². The van der Waals surface area contributed by atoms with Gasteiger partial charge in [0.2, 0.25) is 0 Å². The number of carbonyl (C=O) groups is 1. The number of carboxylic acid groups (broad SMARTS) is 1. The van der Waals surface area contributed by atoms with Crippen LogP contribution in [0.5, 0.6) is 23.0 Å². The van der Waals surface area contributed by atoms with Crippen molar-refractivity contribution in [1.29, 1.82) is 0 Å². The van der Waals surface area contributed by atoms with Crippen molar-refractivity contribution in [3.63, 3.8) is 0 Å². The third kappa shape index (κ3) is 5.58. The first-order chi connectivity index (χ1) is 15.9. The molecule has 0 fully saturated rings. The Bertz CT molecular complexity index is 1150. The van der Waals surface area contributed by atoms with E-state index in [9.17, 15) is 15.0 Å². The van der Waals surface area contributed by atoms with Gasteiger partial charge in [0.15, 0.2) is 22.5 Å². The number of aromatic hydroxyl groups is 1. The lowest BCUT2D eigenvalue weighted by Crippen LogP contribution is -2.03. The summed E-state index contributed by atoms with van der Waals surface area (Å²) in [6.45, 7) is 4.61. The monoisotopic (exact) mass is 471 g/mol. The number of thioether (sulfide) groups is 1. The minimum atomic E-state index is -1.11. The first kappa shape index (κ1) is 24.0. The van der Waals surface area contributed by atoms with E-state index in [4.69, 9.17) is 14.2 Å². The van der Waals surface area contributed by atoms with Crippen LogP contribution in [0.15, 0.2) is 46.5 Å². The Morgan fingerprint density at radius 2 is 1.79 bits per heavy atom. The molecule has 9 nitrogen and oxygen atoms in total. The summed E-state index contributed by atoms with van der Waals surface area (Å²) in [6, 6.07) is 10.0. The van der Waals surface area contributed by atoms with E-state index < -0.39 is 5.97 Å². The van der Waals surface area contributed by atoms with E-state index in [-0.39, 0.29) is 16.4 Å². The van der Waals surface area contributed by atoms with E-state index in [0.29, 0.717) is 41.2 Å². The first-order valence-electron chi connectivity index (χ1n) is 10.1. The van der Waals surface area contributed by atoms with Gasteiger partial charge in [0.1, 0.15) is 16.4 Å². The maximum atomic E-state index is 12.0. The maximum Gasteiger partial charge on any atom is 0.342 e. The van der Waals surface area contributed by atoms with Gasteiger partial charge in [-0.25, -0.2) is 4.79 Å². The summed E-state index contributed by atoms with van der Waals surface area (Å²) in [5.41, 5.74) is 1.30. The SMILES string of the molecule is CCOc1cc(/C=C(\Sc2nnc(-c3cc(OC)cc(OC)c3)n2CC)C(=O)O)ccc1O. The van der Waals surface area contributed by atoms with Crippen LogP contribution >= 0.6 is 11.8 Å². The van der Waals surface area contributed by atoms with Crippen LogP contribution in [0.2, 0.25) is 0 Å². The highest BCUT2D eigenvalue weighted by Gasteiger charge is 2.19. The lowest BCUT2D eigenvalue weighted by molar-refractivity contribution is -0.131. The normalized spacial score (nSPS) is 11.3. The van der Waals surface area contributed by atoms with Gasteiger partial charge < -0.3 is 29.0 Å². The summed E-state index contributed by atoms with van der Waals surface area (Å²) < 4.78 is 17.9.